The van der Waals surface area contributed by atoms with Gasteiger partial charge in [-0.3, -0.25) is 0 Å². The molecule has 0 saturated carbocycles. The number of benzene rings is 1. The van der Waals surface area contributed by atoms with Gasteiger partial charge in [-0.2, -0.15) is 0 Å². The van der Waals surface area contributed by atoms with Crippen LogP contribution in [0.3, 0.4) is 0 Å². The molecule has 0 spiro atoms. The summed E-state index contributed by atoms with van der Waals surface area (Å²) in [5, 5.41) is 3.35. The van der Waals surface area contributed by atoms with E-state index in [-0.39, 0.29) is 5.41 Å². The van der Waals surface area contributed by atoms with Gasteiger partial charge in [-0.15, -0.1) is 0 Å². The molecule has 0 radical (unpaired) electrons. The van der Waals surface area contributed by atoms with Gasteiger partial charge >= 0.3 is 212 Å². The maximum absolute atomic E-state index is 6.18. The van der Waals surface area contributed by atoms with Gasteiger partial charge in [0.25, 0.3) is 0 Å². The molecule has 1 aromatic carbocycles. The molecule has 0 unspecified atom stereocenters. The first kappa shape index (κ1) is 28.3. The molecular weight excluding hydrogens is 470 g/mol. The molecule has 5 heteroatoms. The van der Waals surface area contributed by atoms with E-state index in [0.29, 0.717) is 0 Å². The van der Waals surface area contributed by atoms with Gasteiger partial charge in [0.2, 0.25) is 0 Å². The Morgan fingerprint density at radius 2 is 1.44 bits per heavy atom. The van der Waals surface area contributed by atoms with Crippen molar-refractivity contribution in [3.8, 4) is 5.75 Å². The Labute approximate surface area is 210 Å². The van der Waals surface area contributed by atoms with E-state index in [9.17, 15) is 0 Å². The third kappa shape index (κ3) is 7.02. The third-order valence-electron chi connectivity index (χ3n) is 6.80. The monoisotopic (exact) mass is 518 g/mol. The summed E-state index contributed by atoms with van der Waals surface area (Å²) in [7, 11) is -2.15. The Bertz CT molecular complexity index is 877. The first-order chi connectivity index (χ1) is 14.4. The Morgan fingerprint density at radius 3 is 1.88 bits per heavy atom. The summed E-state index contributed by atoms with van der Waals surface area (Å²) in [6.45, 7) is 30.0. The van der Waals surface area contributed by atoms with Crippen molar-refractivity contribution in [2.24, 2.45) is 0 Å². The molecule has 1 aliphatic carbocycles. The van der Waals surface area contributed by atoms with Crippen molar-refractivity contribution < 1.29 is 26.2 Å². The average molecular weight is 519 g/mol. The van der Waals surface area contributed by atoms with Gasteiger partial charge in [-0.1, -0.05) is 0 Å². The standard InChI is InChI=1S/C19H27OSi.2C4H11Si.Sc/c1-14-12-16(19(2,3)4)18(20-5)17(13-14)21(6,7)15-10-8-9-11-15;2*1-5(2,3)4;/h8-9,12-13H,10H2,1-7H3;2*1H2,2-4H3;. The number of rotatable bonds is 8. The SMILES string of the molecule is COc1c(C(C)(C)C)cc(C)cc1[Si](C)(C)C1=[C]([Sc]([CH2][Si](C)(C)C)[CH2][Si](C)(C)C)C=CC1. The molecule has 1 aliphatic rings. The molecule has 0 heterocycles. The molecule has 1 aromatic rings. The number of allylic oxidation sites excluding steroid dienone is 4. The van der Waals surface area contributed by atoms with Crippen molar-refractivity contribution in [2.75, 3.05) is 7.11 Å². The summed E-state index contributed by atoms with van der Waals surface area (Å²) >= 11 is -1.59. The van der Waals surface area contributed by atoms with Gasteiger partial charge < -0.3 is 0 Å². The van der Waals surface area contributed by atoms with Crippen LogP contribution in [0.1, 0.15) is 38.3 Å². The van der Waals surface area contributed by atoms with E-state index in [2.05, 4.69) is 104 Å². The van der Waals surface area contributed by atoms with Crippen LogP contribution in [0, 0.1) is 6.92 Å². The molecule has 0 bridgehead atoms. The fourth-order valence-corrected chi connectivity index (χ4v) is 34.7. The van der Waals surface area contributed by atoms with Crippen LogP contribution < -0.4 is 9.92 Å². The van der Waals surface area contributed by atoms with E-state index in [1.54, 1.807) is 7.60 Å². The summed E-state index contributed by atoms with van der Waals surface area (Å²) in [6.07, 6.45) is 6.27. The molecule has 178 valence electrons. The minimum absolute atomic E-state index is 0.0811. The second kappa shape index (κ2) is 9.94. The van der Waals surface area contributed by atoms with Crippen LogP contribution in [-0.2, 0) is 26.9 Å². The van der Waals surface area contributed by atoms with Gasteiger partial charge in [-0.05, 0) is 0 Å². The van der Waals surface area contributed by atoms with Crippen LogP contribution in [0.15, 0.2) is 32.8 Å². The van der Waals surface area contributed by atoms with Crippen LogP contribution in [0.2, 0.25) is 60.0 Å². The second-order valence-corrected chi connectivity index (χ2v) is 36.5. The van der Waals surface area contributed by atoms with E-state index >= 15 is 0 Å². The number of methoxy groups -OCH3 is 1. The predicted molar refractivity (Wildman–Crippen MR) is 151 cm³/mol. The van der Waals surface area contributed by atoms with Crippen molar-refractivity contribution in [1.82, 2.24) is 0 Å². The van der Waals surface area contributed by atoms with E-state index in [1.807, 2.05) is 15.6 Å². The van der Waals surface area contributed by atoms with Crippen LogP contribution >= 0.6 is 0 Å². The van der Waals surface area contributed by atoms with Crippen molar-refractivity contribution in [3.63, 3.8) is 0 Å². The van der Waals surface area contributed by atoms with Gasteiger partial charge in [0.15, 0.2) is 0 Å². The first-order valence-corrected chi connectivity index (χ1v) is 26.3. The normalized spacial score (nSPS) is 15.5. The summed E-state index contributed by atoms with van der Waals surface area (Å²) in [5.74, 6) is 1.16. The first-order valence-electron chi connectivity index (χ1n) is 12.5. The molecule has 0 atom stereocenters. The summed E-state index contributed by atoms with van der Waals surface area (Å²) < 4.78 is 11.3. The number of hydrogen-bond acceptors (Lipinski definition) is 1. The van der Waals surface area contributed by atoms with Gasteiger partial charge in [0.05, 0.1) is 0 Å². The van der Waals surface area contributed by atoms with E-state index in [1.165, 1.54) is 22.7 Å². The van der Waals surface area contributed by atoms with E-state index in [4.69, 9.17) is 4.74 Å². The fraction of sp³-hybridized carbons (Fsp3) is 0.630. The zero-order valence-corrected chi connectivity index (χ0v) is 28.2. The molecule has 0 N–H and O–H groups in total. The van der Waals surface area contributed by atoms with Gasteiger partial charge in [0.1, 0.15) is 0 Å². The van der Waals surface area contributed by atoms with Crippen molar-refractivity contribution in [1.29, 1.82) is 0 Å². The maximum atomic E-state index is 6.18. The van der Waals surface area contributed by atoms with Crippen LogP contribution in [0.25, 0.3) is 0 Å². The minimum atomic E-state index is -1.86. The molecule has 0 fully saturated rings. The molecule has 0 amide bonds. The Morgan fingerprint density at radius 1 is 0.906 bits per heavy atom. The quantitative estimate of drug-likeness (QED) is 0.315. The van der Waals surface area contributed by atoms with E-state index < -0.39 is 45.7 Å². The molecule has 0 saturated heterocycles. The second-order valence-electron chi connectivity index (χ2n) is 14.0. The number of ether oxygens (including phenoxy) is 1. The van der Waals surface area contributed by atoms with Crippen LogP contribution in [0.5, 0.6) is 5.75 Å². The number of aryl methyl sites for hydroxylation is 1. The zero-order chi connectivity index (χ0) is 24.7. The molecule has 0 aromatic heterocycles. The molecule has 0 aliphatic heterocycles. The predicted octanol–water partition coefficient (Wildman–Crippen LogP) is 8.18. The number of hydrogen-bond donors (Lipinski definition) is 0. The van der Waals surface area contributed by atoms with Gasteiger partial charge in [-0.25, -0.2) is 0 Å². The topological polar surface area (TPSA) is 9.23 Å². The fourth-order valence-electron chi connectivity index (χ4n) is 5.47. The van der Waals surface area contributed by atoms with E-state index in [0.717, 1.165) is 5.75 Å². The zero-order valence-electron chi connectivity index (χ0n) is 23.4. The average Bonchev–Trinajstić information content (AvgIpc) is 3.07. The molecule has 32 heavy (non-hydrogen) atoms. The Kier molecular flexibility index (Phi) is 8.78. The Hall–Kier alpha value is 0.0208. The summed E-state index contributed by atoms with van der Waals surface area (Å²) in [6, 6.07) is 4.81. The molecular formula is C27H49OScSi3. The summed E-state index contributed by atoms with van der Waals surface area (Å²) in [4.78, 5) is 0. The van der Waals surface area contributed by atoms with Crippen molar-refractivity contribution in [2.45, 2.75) is 99.5 Å². The van der Waals surface area contributed by atoms with Crippen LogP contribution in [0.4, 0.5) is 0 Å². The van der Waals surface area contributed by atoms with Crippen molar-refractivity contribution in [3.05, 3.63) is 43.9 Å². The third-order valence-corrected chi connectivity index (χ3v) is 32.7. The van der Waals surface area contributed by atoms with Crippen LogP contribution in [-0.4, -0.2) is 31.3 Å². The molecule has 1 nitrogen and oxygen atoms in total. The van der Waals surface area contributed by atoms with Crippen molar-refractivity contribution >= 4 is 29.4 Å². The molecule has 2 rings (SSSR count). The van der Waals surface area contributed by atoms with Gasteiger partial charge in [0, 0.05) is 0 Å². The Balaban J connectivity index is 2.71. The summed E-state index contributed by atoms with van der Waals surface area (Å²) in [5.41, 5.74) is 2.82.